The lowest BCUT2D eigenvalue weighted by Crippen LogP contribution is -2.09. The molecular weight excluding hydrogens is 284 g/mol. The Morgan fingerprint density at radius 2 is 1.60 bits per heavy atom. The minimum Gasteiger partial charge on any atom is -0.326 e. The first kappa shape index (κ1) is 14.6. The third-order valence-electron chi connectivity index (χ3n) is 2.93. The highest BCUT2D eigenvalue weighted by Crippen LogP contribution is 2.20. The van der Waals surface area contributed by atoms with Crippen LogP contribution < -0.4 is 5.73 Å². The zero-order valence-corrected chi connectivity index (χ0v) is 11.3. The van der Waals surface area contributed by atoms with Crippen molar-refractivity contribution in [3.63, 3.8) is 0 Å². The molecule has 2 aromatic rings. The van der Waals surface area contributed by atoms with Gasteiger partial charge in [0.25, 0.3) is 0 Å². The van der Waals surface area contributed by atoms with Gasteiger partial charge in [-0.25, -0.2) is 17.2 Å². The maximum Gasteiger partial charge on any atom is 0.182 e. The molecule has 6 heteroatoms. The minimum atomic E-state index is -3.75. The Bertz CT molecular complexity index is 730. The van der Waals surface area contributed by atoms with Crippen LogP contribution in [0.1, 0.15) is 11.1 Å². The van der Waals surface area contributed by atoms with Crippen molar-refractivity contribution in [2.75, 3.05) is 0 Å². The smallest absolute Gasteiger partial charge is 0.182 e. The van der Waals surface area contributed by atoms with Crippen LogP contribution >= 0.6 is 0 Å². The summed E-state index contributed by atoms with van der Waals surface area (Å²) in [7, 11) is -3.75. The van der Waals surface area contributed by atoms with Crippen LogP contribution in [-0.2, 0) is 22.1 Å². The van der Waals surface area contributed by atoms with Crippen molar-refractivity contribution in [2.24, 2.45) is 5.73 Å². The Balaban J connectivity index is 2.38. The summed E-state index contributed by atoms with van der Waals surface area (Å²) < 4.78 is 50.4. The van der Waals surface area contributed by atoms with Gasteiger partial charge < -0.3 is 5.73 Å². The molecule has 0 aliphatic rings. The second-order valence-electron chi connectivity index (χ2n) is 4.31. The van der Waals surface area contributed by atoms with Crippen LogP contribution in [0.3, 0.4) is 0 Å². The average Bonchev–Trinajstić information content (AvgIpc) is 2.42. The molecule has 0 heterocycles. The molecule has 0 aromatic heterocycles. The van der Waals surface area contributed by atoms with E-state index in [1.807, 2.05) is 0 Å². The van der Waals surface area contributed by atoms with E-state index in [4.69, 9.17) is 5.73 Å². The van der Waals surface area contributed by atoms with Crippen LogP contribution in [0.15, 0.2) is 47.4 Å². The van der Waals surface area contributed by atoms with Crippen molar-refractivity contribution in [3.05, 3.63) is 65.2 Å². The van der Waals surface area contributed by atoms with Gasteiger partial charge in [0.05, 0.1) is 10.6 Å². The molecule has 0 radical (unpaired) electrons. The monoisotopic (exact) mass is 297 g/mol. The lowest BCUT2D eigenvalue weighted by Gasteiger charge is -2.09. The lowest BCUT2D eigenvalue weighted by molar-refractivity contribution is 0.504. The van der Waals surface area contributed by atoms with Gasteiger partial charge in [-0.3, -0.25) is 0 Å². The highest BCUT2D eigenvalue weighted by atomic mass is 32.2. The van der Waals surface area contributed by atoms with Crippen molar-refractivity contribution in [1.29, 1.82) is 0 Å². The van der Waals surface area contributed by atoms with Crippen LogP contribution in [0.4, 0.5) is 8.78 Å². The Morgan fingerprint density at radius 1 is 0.950 bits per heavy atom. The standard InChI is InChI=1S/C14H13F2NO2S/c15-13-6-5-12(7-14(13)16)20(18,19)9-11-4-2-1-3-10(11)8-17/h1-7H,8-9,17H2. The second-order valence-corrected chi connectivity index (χ2v) is 6.30. The van der Waals surface area contributed by atoms with Gasteiger partial charge in [0, 0.05) is 6.54 Å². The number of halogens is 2. The van der Waals surface area contributed by atoms with E-state index >= 15 is 0 Å². The van der Waals surface area contributed by atoms with Gasteiger partial charge >= 0.3 is 0 Å². The van der Waals surface area contributed by atoms with Crippen molar-refractivity contribution < 1.29 is 17.2 Å². The molecule has 0 unspecified atom stereocenters. The Hall–Kier alpha value is -1.79. The Morgan fingerprint density at radius 3 is 2.20 bits per heavy atom. The van der Waals surface area contributed by atoms with Gasteiger partial charge in [-0.15, -0.1) is 0 Å². The van der Waals surface area contributed by atoms with Crippen LogP contribution in [-0.4, -0.2) is 8.42 Å². The van der Waals surface area contributed by atoms with Crippen LogP contribution in [0.5, 0.6) is 0 Å². The highest BCUT2D eigenvalue weighted by molar-refractivity contribution is 7.90. The predicted molar refractivity (Wildman–Crippen MR) is 71.6 cm³/mol. The lowest BCUT2D eigenvalue weighted by atomic mass is 10.1. The summed E-state index contributed by atoms with van der Waals surface area (Å²) in [6.07, 6.45) is 0. The number of sulfone groups is 1. The number of rotatable bonds is 4. The fourth-order valence-electron chi connectivity index (χ4n) is 1.86. The third kappa shape index (κ3) is 3.02. The molecule has 0 aliphatic heterocycles. The number of nitrogens with two attached hydrogens (primary N) is 1. The summed E-state index contributed by atoms with van der Waals surface area (Å²) in [6, 6.07) is 9.40. The van der Waals surface area contributed by atoms with E-state index in [0.717, 1.165) is 12.1 Å². The molecule has 0 atom stereocenters. The molecule has 0 bridgehead atoms. The molecule has 0 amide bonds. The Labute approximate surface area is 116 Å². The van der Waals surface area contributed by atoms with Crippen molar-refractivity contribution in [3.8, 4) is 0 Å². The molecule has 0 saturated heterocycles. The number of benzene rings is 2. The molecule has 0 spiro atoms. The molecule has 2 N–H and O–H groups in total. The van der Waals surface area contributed by atoms with E-state index in [-0.39, 0.29) is 17.2 Å². The predicted octanol–water partition coefficient (Wildman–Crippen LogP) is 2.40. The summed E-state index contributed by atoms with van der Waals surface area (Å²) in [5.41, 5.74) is 6.81. The summed E-state index contributed by atoms with van der Waals surface area (Å²) in [5, 5.41) is 0. The van der Waals surface area contributed by atoms with Gasteiger partial charge in [-0.2, -0.15) is 0 Å². The molecule has 0 saturated carbocycles. The van der Waals surface area contributed by atoms with E-state index in [9.17, 15) is 17.2 Å². The van der Waals surface area contributed by atoms with Gasteiger partial charge in [0.2, 0.25) is 0 Å². The summed E-state index contributed by atoms with van der Waals surface area (Å²) in [6.45, 7) is 0.212. The van der Waals surface area contributed by atoms with Crippen molar-refractivity contribution in [1.82, 2.24) is 0 Å². The topological polar surface area (TPSA) is 60.2 Å². The third-order valence-corrected chi connectivity index (χ3v) is 4.60. The van der Waals surface area contributed by atoms with E-state index in [0.29, 0.717) is 17.2 Å². The largest absolute Gasteiger partial charge is 0.326 e. The van der Waals surface area contributed by atoms with Gasteiger partial charge in [-0.05, 0) is 29.3 Å². The van der Waals surface area contributed by atoms with Crippen LogP contribution in [0.2, 0.25) is 0 Å². The average molecular weight is 297 g/mol. The summed E-state index contributed by atoms with van der Waals surface area (Å²) in [4.78, 5) is -0.247. The van der Waals surface area contributed by atoms with Gasteiger partial charge in [-0.1, -0.05) is 24.3 Å². The fourth-order valence-corrected chi connectivity index (χ4v) is 3.27. The molecule has 106 valence electrons. The van der Waals surface area contributed by atoms with Crippen molar-refractivity contribution >= 4 is 9.84 Å². The molecule has 3 nitrogen and oxygen atoms in total. The normalized spacial score (nSPS) is 11.6. The Kier molecular flexibility index (Phi) is 4.15. The molecule has 2 aromatic carbocycles. The number of hydrogen-bond acceptors (Lipinski definition) is 3. The maximum atomic E-state index is 13.1. The SMILES string of the molecule is NCc1ccccc1CS(=O)(=O)c1ccc(F)c(F)c1. The van der Waals surface area contributed by atoms with Gasteiger partial charge in [0.15, 0.2) is 21.5 Å². The van der Waals surface area contributed by atoms with E-state index in [2.05, 4.69) is 0 Å². The first-order valence-corrected chi connectivity index (χ1v) is 7.54. The molecule has 2 rings (SSSR count). The summed E-state index contributed by atoms with van der Waals surface area (Å²) >= 11 is 0. The first-order valence-electron chi connectivity index (χ1n) is 5.88. The zero-order valence-electron chi connectivity index (χ0n) is 10.5. The van der Waals surface area contributed by atoms with Gasteiger partial charge in [0.1, 0.15) is 0 Å². The zero-order chi connectivity index (χ0) is 14.8. The highest BCUT2D eigenvalue weighted by Gasteiger charge is 2.18. The molecular formula is C14H13F2NO2S. The first-order chi connectivity index (χ1) is 9.44. The quantitative estimate of drug-likeness (QED) is 0.882. The molecule has 0 aliphatic carbocycles. The van der Waals surface area contributed by atoms with E-state index < -0.39 is 21.5 Å². The fraction of sp³-hybridized carbons (Fsp3) is 0.143. The number of hydrogen-bond donors (Lipinski definition) is 1. The summed E-state index contributed by atoms with van der Waals surface area (Å²) in [5.74, 6) is -2.56. The van der Waals surface area contributed by atoms with Crippen LogP contribution in [0, 0.1) is 11.6 Å². The molecule has 0 fully saturated rings. The van der Waals surface area contributed by atoms with E-state index in [1.165, 1.54) is 0 Å². The van der Waals surface area contributed by atoms with Crippen LogP contribution in [0.25, 0.3) is 0 Å². The molecule has 20 heavy (non-hydrogen) atoms. The maximum absolute atomic E-state index is 13.1. The second kappa shape index (κ2) is 5.68. The van der Waals surface area contributed by atoms with E-state index in [1.54, 1.807) is 24.3 Å². The minimum absolute atomic E-state index is 0.212. The van der Waals surface area contributed by atoms with Crippen molar-refractivity contribution in [2.45, 2.75) is 17.2 Å².